The summed E-state index contributed by atoms with van der Waals surface area (Å²) >= 11 is 0. The minimum Gasteiger partial charge on any atom is -0.394 e. The molecule has 7 heteroatoms. The van der Waals surface area contributed by atoms with Gasteiger partial charge in [0.2, 0.25) is 0 Å². The van der Waals surface area contributed by atoms with Crippen molar-refractivity contribution in [2.75, 3.05) is 6.61 Å². The molecule has 0 aromatic rings. The highest BCUT2D eigenvalue weighted by atomic mass is 17.0. The number of aliphatic hydroxyl groups is 1. The Labute approximate surface area is 55.5 Å². The highest BCUT2D eigenvalue weighted by molar-refractivity contribution is 5.74. The van der Waals surface area contributed by atoms with Crippen molar-refractivity contribution in [1.82, 2.24) is 0 Å². The van der Waals surface area contributed by atoms with Crippen LogP contribution in [0.15, 0.2) is 0 Å². The third-order valence-electron chi connectivity index (χ3n) is 0.664. The first-order valence-corrected chi connectivity index (χ1v) is 2.30. The minimum absolute atomic E-state index is 0.674. The number of hydrogen-bond donors (Lipinski definition) is 2. The molecule has 0 spiro atoms. The molecular formula is C3H6N2O5. The molecule has 58 valence electrons. The molecule has 0 amide bonds. The van der Waals surface area contributed by atoms with Crippen LogP contribution in [0.2, 0.25) is 0 Å². The average molecular weight is 150 g/mol. The first kappa shape index (κ1) is 8.79. The summed E-state index contributed by atoms with van der Waals surface area (Å²) in [6.07, 6.45) is 0. The van der Waals surface area contributed by atoms with Crippen molar-refractivity contribution >= 4 is 5.97 Å². The number of hydrogen-bond acceptors (Lipinski definition) is 6. The van der Waals surface area contributed by atoms with Gasteiger partial charge in [-0.25, -0.2) is 4.84 Å². The van der Waals surface area contributed by atoms with Crippen molar-refractivity contribution in [2.24, 2.45) is 5.73 Å². The van der Waals surface area contributed by atoms with Gasteiger partial charge in [0.05, 0.1) is 6.61 Å². The zero-order chi connectivity index (χ0) is 8.15. The smallest absolute Gasteiger partial charge is 0.322 e. The van der Waals surface area contributed by atoms with Crippen LogP contribution in [-0.4, -0.2) is 28.8 Å². The number of aliphatic hydroxyl groups excluding tert-OH is 1. The largest absolute Gasteiger partial charge is 0.394 e. The Morgan fingerprint density at radius 1 is 1.90 bits per heavy atom. The van der Waals surface area contributed by atoms with Gasteiger partial charge in [-0.3, -0.25) is 4.79 Å². The highest BCUT2D eigenvalue weighted by Crippen LogP contribution is 1.83. The van der Waals surface area contributed by atoms with Gasteiger partial charge in [0.1, 0.15) is 6.04 Å². The zero-order valence-corrected chi connectivity index (χ0v) is 4.89. The maximum Gasteiger partial charge on any atom is 0.322 e. The fourth-order valence-electron chi connectivity index (χ4n) is 0.216. The Kier molecular flexibility index (Phi) is 3.29. The third-order valence-corrected chi connectivity index (χ3v) is 0.664. The molecule has 0 aliphatic rings. The van der Waals surface area contributed by atoms with Crippen LogP contribution >= 0.6 is 0 Å². The van der Waals surface area contributed by atoms with Gasteiger partial charge >= 0.3 is 11.1 Å². The molecule has 0 fully saturated rings. The van der Waals surface area contributed by atoms with E-state index >= 15 is 0 Å². The highest BCUT2D eigenvalue weighted by Gasteiger charge is 2.15. The Morgan fingerprint density at radius 2 is 2.40 bits per heavy atom. The van der Waals surface area contributed by atoms with Crippen molar-refractivity contribution in [2.45, 2.75) is 6.04 Å². The molecule has 0 heterocycles. The summed E-state index contributed by atoms with van der Waals surface area (Å²) in [5.41, 5.74) is 4.84. The van der Waals surface area contributed by atoms with Gasteiger partial charge in [0.25, 0.3) is 0 Å². The average Bonchev–Trinajstić information content (AvgIpc) is 1.85. The number of rotatable bonds is 3. The summed E-state index contributed by atoms with van der Waals surface area (Å²) in [6, 6.07) is -1.34. The van der Waals surface area contributed by atoms with E-state index in [-0.39, 0.29) is 0 Å². The van der Waals surface area contributed by atoms with Crippen LogP contribution in [-0.2, 0) is 9.63 Å². The first-order valence-electron chi connectivity index (χ1n) is 2.30. The molecule has 0 radical (unpaired) electrons. The predicted octanol–water partition coefficient (Wildman–Crippen LogP) is -1.96. The second-order valence-electron chi connectivity index (χ2n) is 1.42. The van der Waals surface area contributed by atoms with Crippen LogP contribution < -0.4 is 5.73 Å². The van der Waals surface area contributed by atoms with E-state index < -0.39 is 23.7 Å². The number of nitrogens with two attached hydrogens (primary N) is 1. The first-order chi connectivity index (χ1) is 4.57. The van der Waals surface area contributed by atoms with E-state index in [2.05, 4.69) is 4.84 Å². The van der Waals surface area contributed by atoms with Gasteiger partial charge in [-0.05, 0) is 0 Å². The summed E-state index contributed by atoms with van der Waals surface area (Å²) < 4.78 is 0. The quantitative estimate of drug-likeness (QED) is 0.356. The monoisotopic (exact) mass is 150 g/mol. The normalized spacial score (nSPS) is 12.2. The van der Waals surface area contributed by atoms with Gasteiger partial charge in [-0.15, -0.1) is 10.1 Å². The van der Waals surface area contributed by atoms with Gasteiger partial charge < -0.3 is 10.8 Å². The molecule has 1 atom stereocenters. The van der Waals surface area contributed by atoms with E-state index in [1.54, 1.807) is 0 Å². The molecule has 0 aliphatic carbocycles. The van der Waals surface area contributed by atoms with E-state index in [9.17, 15) is 14.9 Å². The van der Waals surface area contributed by atoms with Crippen LogP contribution in [0.4, 0.5) is 0 Å². The standard InChI is InChI=1S/C3H6N2O5/c4-2(1-6)3(7)10-5(8)9/h2,6H,1,4H2/t2-/m0/s1. The molecule has 0 bridgehead atoms. The lowest BCUT2D eigenvalue weighted by atomic mass is 10.3. The molecule has 0 rings (SSSR count). The molecular weight excluding hydrogens is 144 g/mol. The molecule has 10 heavy (non-hydrogen) atoms. The fourth-order valence-corrected chi connectivity index (χ4v) is 0.216. The van der Waals surface area contributed by atoms with Gasteiger partial charge in [-0.1, -0.05) is 0 Å². The number of nitrogens with zero attached hydrogens (tertiary/aromatic N) is 1. The molecule has 7 nitrogen and oxygen atoms in total. The van der Waals surface area contributed by atoms with Gasteiger partial charge in [0, 0.05) is 0 Å². The van der Waals surface area contributed by atoms with Crippen LogP contribution in [0.25, 0.3) is 0 Å². The molecule has 0 aromatic carbocycles. The number of carbonyl (C=O) groups excluding carboxylic acids is 1. The van der Waals surface area contributed by atoms with Crippen LogP contribution in [0, 0.1) is 10.1 Å². The van der Waals surface area contributed by atoms with E-state index in [1.807, 2.05) is 0 Å². The van der Waals surface area contributed by atoms with Crippen molar-refractivity contribution in [3.8, 4) is 0 Å². The Morgan fingerprint density at radius 3 is 2.70 bits per heavy atom. The predicted molar refractivity (Wildman–Crippen MR) is 28.1 cm³/mol. The maximum atomic E-state index is 10.2. The Bertz CT molecular complexity index is 146. The molecule has 0 saturated carbocycles. The summed E-state index contributed by atoms with van der Waals surface area (Å²) in [7, 11) is 0. The van der Waals surface area contributed by atoms with E-state index in [4.69, 9.17) is 10.8 Å². The Balaban J connectivity index is 3.73. The molecule has 0 aromatic heterocycles. The van der Waals surface area contributed by atoms with E-state index in [0.29, 0.717) is 0 Å². The van der Waals surface area contributed by atoms with Crippen LogP contribution in [0.5, 0.6) is 0 Å². The van der Waals surface area contributed by atoms with Crippen LogP contribution in [0.1, 0.15) is 0 Å². The lowest BCUT2D eigenvalue weighted by Crippen LogP contribution is -2.36. The summed E-state index contributed by atoms with van der Waals surface area (Å²) in [5, 5.41) is 16.3. The summed E-state index contributed by atoms with van der Waals surface area (Å²) in [5.74, 6) is -1.26. The zero-order valence-electron chi connectivity index (χ0n) is 4.89. The Hall–Kier alpha value is -1.21. The molecule has 0 aliphatic heterocycles. The summed E-state index contributed by atoms with van der Waals surface area (Å²) in [4.78, 5) is 23.1. The van der Waals surface area contributed by atoms with Crippen molar-refractivity contribution in [1.29, 1.82) is 0 Å². The van der Waals surface area contributed by atoms with Crippen molar-refractivity contribution < 1.29 is 19.8 Å². The molecule has 3 N–H and O–H groups in total. The summed E-state index contributed by atoms with van der Waals surface area (Å²) in [6.45, 7) is -0.674. The fraction of sp³-hybridized carbons (Fsp3) is 0.667. The molecule has 0 unspecified atom stereocenters. The second-order valence-corrected chi connectivity index (χ2v) is 1.42. The topological polar surface area (TPSA) is 116 Å². The molecule has 0 saturated heterocycles. The number of carbonyl (C=O) groups is 1. The lowest BCUT2D eigenvalue weighted by Gasteiger charge is -2.01. The minimum atomic E-state index is -1.34. The van der Waals surface area contributed by atoms with Gasteiger partial charge in [0.15, 0.2) is 0 Å². The van der Waals surface area contributed by atoms with E-state index in [0.717, 1.165) is 0 Å². The third kappa shape index (κ3) is 2.95. The lowest BCUT2D eigenvalue weighted by molar-refractivity contribution is -0.729. The van der Waals surface area contributed by atoms with Gasteiger partial charge in [-0.2, -0.15) is 0 Å². The second kappa shape index (κ2) is 3.75. The van der Waals surface area contributed by atoms with Crippen molar-refractivity contribution in [3.63, 3.8) is 0 Å². The van der Waals surface area contributed by atoms with Crippen LogP contribution in [0.3, 0.4) is 0 Å². The SMILES string of the molecule is N[C@@H](CO)C(=O)O[N+](=O)[O-]. The maximum absolute atomic E-state index is 10.2. The van der Waals surface area contributed by atoms with E-state index in [1.165, 1.54) is 0 Å². The van der Waals surface area contributed by atoms with Crippen molar-refractivity contribution in [3.05, 3.63) is 10.1 Å².